The number of hydrogen-bond donors (Lipinski definition) is 12. The summed E-state index contributed by atoms with van der Waals surface area (Å²) < 4.78 is 59.2. The zero-order valence-electron chi connectivity index (χ0n) is 45.0. The van der Waals surface area contributed by atoms with Gasteiger partial charge in [0, 0.05) is 13.3 Å². The molecular formula is C52H96N2O20S. The molecule has 23 heteroatoms. The van der Waals surface area contributed by atoms with Crippen LogP contribution in [0.3, 0.4) is 0 Å². The zero-order chi connectivity index (χ0) is 56.0. The molecule has 14 unspecified atom stereocenters. The minimum atomic E-state index is -5.34. The summed E-state index contributed by atoms with van der Waals surface area (Å²) >= 11 is 0. The second kappa shape index (κ2) is 37.4. The average molecular weight is 1100 g/mol. The highest BCUT2D eigenvalue weighted by Gasteiger charge is 2.57. The van der Waals surface area contributed by atoms with Crippen LogP contribution >= 0.6 is 0 Å². The van der Waals surface area contributed by atoms with Crippen molar-refractivity contribution in [2.75, 3.05) is 19.8 Å². The molecule has 2 amide bonds. The van der Waals surface area contributed by atoms with Gasteiger partial charge in [-0.1, -0.05) is 168 Å². The fourth-order valence-electron chi connectivity index (χ4n) is 9.36. The Hall–Kier alpha value is -2.46. The monoisotopic (exact) mass is 1100 g/mol. The van der Waals surface area contributed by atoms with E-state index < -0.39 is 140 Å². The lowest BCUT2D eigenvalue weighted by Crippen LogP contribution is -2.68. The van der Waals surface area contributed by atoms with Crippen molar-refractivity contribution >= 4 is 28.2 Å². The number of carbonyl (C=O) groups is 3. The third-order valence-corrected chi connectivity index (χ3v) is 14.4. The van der Waals surface area contributed by atoms with E-state index in [9.17, 15) is 73.3 Å². The number of ether oxygens (including phenoxy) is 4. The van der Waals surface area contributed by atoms with E-state index in [1.807, 2.05) is 0 Å². The van der Waals surface area contributed by atoms with Gasteiger partial charge in [0.25, 0.3) is 5.79 Å². The number of carbonyl (C=O) groups excluding carboxylic acids is 2. The molecule has 0 radical (unpaired) electrons. The van der Waals surface area contributed by atoms with Crippen molar-refractivity contribution in [3.8, 4) is 0 Å². The lowest BCUT2D eigenvalue weighted by atomic mass is 9.88. The number of aliphatic hydroxyl groups excluding tert-OH is 8. The first-order valence-corrected chi connectivity index (χ1v) is 29.0. The highest BCUT2D eigenvalue weighted by Crippen LogP contribution is 2.35. The van der Waals surface area contributed by atoms with Crippen LogP contribution in [0.15, 0.2) is 12.2 Å². The Morgan fingerprint density at radius 1 is 0.773 bits per heavy atom. The van der Waals surface area contributed by atoms with Crippen LogP contribution in [-0.2, 0) is 47.9 Å². The molecule has 0 aliphatic carbocycles. The van der Waals surface area contributed by atoms with Crippen LogP contribution in [0.4, 0.5) is 0 Å². The number of allylic oxidation sites excluding steroid dienone is 1. The second-order valence-corrected chi connectivity index (χ2v) is 22.0. The number of carboxylic acids is 1. The Morgan fingerprint density at radius 3 is 1.81 bits per heavy atom. The Bertz CT molecular complexity index is 1710. The largest absolute Gasteiger partial charge is 0.477 e. The summed E-state index contributed by atoms with van der Waals surface area (Å²) in [6.07, 6.45) is 7.02. The highest BCUT2D eigenvalue weighted by molar-refractivity contribution is 7.80. The van der Waals surface area contributed by atoms with Gasteiger partial charge in [-0.05, 0) is 25.2 Å². The molecule has 440 valence electrons. The molecule has 0 saturated carbocycles. The van der Waals surface area contributed by atoms with Crippen molar-refractivity contribution < 1.29 is 96.4 Å². The van der Waals surface area contributed by atoms with Crippen LogP contribution in [0.2, 0.25) is 0 Å². The Balaban J connectivity index is 2.14. The maximum Gasteiger partial charge on any atom is 0.397 e. The quantitative estimate of drug-likeness (QED) is 0.0236. The predicted octanol–water partition coefficient (Wildman–Crippen LogP) is 3.60. The van der Waals surface area contributed by atoms with E-state index in [1.54, 1.807) is 6.08 Å². The van der Waals surface area contributed by atoms with Crippen molar-refractivity contribution in [2.45, 2.75) is 273 Å². The number of hydrogen-bond acceptors (Lipinski definition) is 18. The molecule has 2 fully saturated rings. The number of unbranched alkanes of at least 4 members (excludes halogenated alkanes) is 20. The first kappa shape index (κ1) is 68.6. The van der Waals surface area contributed by atoms with Crippen molar-refractivity contribution in [1.29, 1.82) is 0 Å². The molecule has 2 heterocycles. The minimum Gasteiger partial charge on any atom is -0.477 e. The summed E-state index contributed by atoms with van der Waals surface area (Å²) in [6.45, 7) is 4.78. The molecule has 0 aromatic heterocycles. The van der Waals surface area contributed by atoms with E-state index >= 15 is 0 Å². The molecule has 14 atom stereocenters. The maximum atomic E-state index is 13.4. The first-order chi connectivity index (χ1) is 35.6. The van der Waals surface area contributed by atoms with Crippen LogP contribution in [0.25, 0.3) is 0 Å². The van der Waals surface area contributed by atoms with Gasteiger partial charge in [-0.25, -0.2) is 8.98 Å². The van der Waals surface area contributed by atoms with Gasteiger partial charge >= 0.3 is 16.4 Å². The standard InChI is InChI=1S/C52H96N2O20S/c1-5-6-7-8-9-10-11-12-13-14-17-21-24-27-30-39(58)49(64)54-37(38(57)29-26-23-20-18-15-16-19-22-25-28-35(2)3)33-70-50-47(63)46(62)44(60)42(72-50)34-71-52(51(65)66)31-40(59)43(53-36(4)56)48(73-52)45(61)41(32-55)74-75(67,68)69/h26,29,35,37-48,50,55,57-63H,5-25,27-28,30-34H2,1-4H3,(H,53,56)(H,54,64)(H,65,66)(H,67,68,69). The van der Waals surface area contributed by atoms with E-state index in [0.717, 1.165) is 58.3 Å². The zero-order valence-corrected chi connectivity index (χ0v) is 45.8. The lowest BCUT2D eigenvalue weighted by molar-refractivity contribution is -0.338. The van der Waals surface area contributed by atoms with Gasteiger partial charge in [-0.3, -0.25) is 14.1 Å². The molecule has 22 nitrogen and oxygen atoms in total. The SMILES string of the molecule is CCCCCCCCCCCCCCCCC(O)C(=O)NC(COC1OC(COC2(C(=O)O)CC(O)C(NC(C)=O)C(C(O)C(CO)OS(=O)(=O)O)O2)C(O)C(O)C1O)C(O)C=CCCCCCCCCCC(C)C. The van der Waals surface area contributed by atoms with Gasteiger partial charge in [0.15, 0.2) is 6.29 Å². The van der Waals surface area contributed by atoms with Gasteiger partial charge in [-0.15, -0.1) is 0 Å². The fourth-order valence-corrected chi connectivity index (χ4v) is 9.84. The Labute approximate surface area is 445 Å². The van der Waals surface area contributed by atoms with Crippen molar-refractivity contribution in [3.05, 3.63) is 12.2 Å². The van der Waals surface area contributed by atoms with E-state index in [1.165, 1.54) is 89.5 Å². The number of aliphatic carboxylic acids is 1. The van der Waals surface area contributed by atoms with Crippen LogP contribution < -0.4 is 10.6 Å². The number of aliphatic hydroxyl groups is 8. The van der Waals surface area contributed by atoms with Crippen LogP contribution in [0.1, 0.15) is 188 Å². The van der Waals surface area contributed by atoms with E-state index in [0.29, 0.717) is 18.8 Å². The van der Waals surface area contributed by atoms with Crippen LogP contribution in [0.5, 0.6) is 0 Å². The smallest absolute Gasteiger partial charge is 0.397 e. The molecule has 0 aromatic carbocycles. The molecule has 2 aliphatic rings. The van der Waals surface area contributed by atoms with Gasteiger partial charge in [0.2, 0.25) is 11.8 Å². The van der Waals surface area contributed by atoms with Crippen molar-refractivity contribution in [3.63, 3.8) is 0 Å². The molecule has 0 aromatic rings. The molecule has 12 N–H and O–H groups in total. The number of amides is 2. The van der Waals surface area contributed by atoms with Crippen molar-refractivity contribution in [2.24, 2.45) is 5.92 Å². The summed E-state index contributed by atoms with van der Waals surface area (Å²) in [5.74, 6) is -5.83. The fraction of sp³-hybridized carbons (Fsp3) is 0.904. The van der Waals surface area contributed by atoms with Gasteiger partial charge < -0.3 is 75.5 Å². The molecule has 2 aliphatic heterocycles. The van der Waals surface area contributed by atoms with Crippen LogP contribution in [-0.4, -0.2) is 182 Å². The third kappa shape index (κ3) is 26.8. The molecule has 0 spiro atoms. The molecule has 0 bridgehead atoms. The van der Waals surface area contributed by atoms with Crippen molar-refractivity contribution in [1.82, 2.24) is 10.6 Å². The molecule has 75 heavy (non-hydrogen) atoms. The summed E-state index contributed by atoms with van der Waals surface area (Å²) in [5, 5.41) is 102. The van der Waals surface area contributed by atoms with Gasteiger partial charge in [0.05, 0.1) is 44.1 Å². The lowest BCUT2D eigenvalue weighted by Gasteiger charge is -2.47. The van der Waals surface area contributed by atoms with E-state index in [2.05, 4.69) is 35.6 Å². The van der Waals surface area contributed by atoms with E-state index in [4.69, 9.17) is 18.9 Å². The summed E-state index contributed by atoms with van der Waals surface area (Å²) in [6, 6.07) is -2.92. The molecular weight excluding hydrogens is 1000 g/mol. The third-order valence-electron chi connectivity index (χ3n) is 13.9. The highest BCUT2D eigenvalue weighted by atomic mass is 32.3. The maximum absolute atomic E-state index is 13.4. The molecule has 2 rings (SSSR count). The minimum absolute atomic E-state index is 0.170. The topological polar surface area (TPSA) is 358 Å². The number of rotatable bonds is 42. The second-order valence-electron chi connectivity index (χ2n) is 20.9. The Morgan fingerprint density at radius 2 is 1.31 bits per heavy atom. The van der Waals surface area contributed by atoms with E-state index in [-0.39, 0.29) is 6.42 Å². The summed E-state index contributed by atoms with van der Waals surface area (Å²) in [5.41, 5.74) is 0. The first-order valence-electron chi connectivity index (χ1n) is 27.7. The average Bonchev–Trinajstić information content (AvgIpc) is 3.35. The normalized spacial score (nSPS) is 26.5. The van der Waals surface area contributed by atoms with Crippen LogP contribution in [0, 0.1) is 5.92 Å². The Kier molecular flexibility index (Phi) is 34.2. The number of carboxylic acid groups (broad SMARTS) is 1. The number of nitrogens with one attached hydrogen (secondary N) is 2. The van der Waals surface area contributed by atoms with Gasteiger partial charge in [-0.2, -0.15) is 8.42 Å². The molecule has 2 saturated heterocycles. The predicted molar refractivity (Wildman–Crippen MR) is 276 cm³/mol. The summed E-state index contributed by atoms with van der Waals surface area (Å²) in [7, 11) is -5.34. The summed E-state index contributed by atoms with van der Waals surface area (Å²) in [4.78, 5) is 38.2. The van der Waals surface area contributed by atoms with Gasteiger partial charge in [0.1, 0.15) is 48.8 Å².